The molecule has 35 heavy (non-hydrogen) atoms. The maximum atomic E-state index is 13.2. The van der Waals surface area contributed by atoms with Crippen molar-refractivity contribution in [1.29, 1.82) is 0 Å². The van der Waals surface area contributed by atoms with E-state index in [1.807, 2.05) is 0 Å². The van der Waals surface area contributed by atoms with Gasteiger partial charge in [-0.2, -0.15) is 13.2 Å². The molecule has 0 aliphatic heterocycles. The fraction of sp³-hybridized carbons (Fsp3) is 0.250. The van der Waals surface area contributed by atoms with Crippen molar-refractivity contribution in [1.82, 2.24) is 15.6 Å². The minimum atomic E-state index is -4.50. The molecular formula is C24H25F3N6O2. The Kier molecular flexibility index (Phi) is 7.58. The van der Waals surface area contributed by atoms with Crippen LogP contribution in [0.15, 0.2) is 72.1 Å². The number of nitrogens with one attached hydrogen (secondary N) is 3. The van der Waals surface area contributed by atoms with Crippen molar-refractivity contribution in [2.75, 3.05) is 5.32 Å². The van der Waals surface area contributed by atoms with Crippen LogP contribution in [0.25, 0.3) is 0 Å². The monoisotopic (exact) mass is 486 g/mol. The highest BCUT2D eigenvalue weighted by Gasteiger charge is 2.51. The summed E-state index contributed by atoms with van der Waals surface area (Å²) < 4.78 is 39.6. The molecule has 1 aliphatic rings. The molecule has 1 unspecified atom stereocenters. The Morgan fingerprint density at radius 2 is 1.94 bits per heavy atom. The van der Waals surface area contributed by atoms with Gasteiger partial charge >= 0.3 is 6.18 Å². The third kappa shape index (κ3) is 6.25. The molecule has 1 fully saturated rings. The summed E-state index contributed by atoms with van der Waals surface area (Å²) in [5.74, 6) is -0.912. The quantitative estimate of drug-likeness (QED) is 0.318. The predicted molar refractivity (Wildman–Crippen MR) is 127 cm³/mol. The van der Waals surface area contributed by atoms with Gasteiger partial charge < -0.3 is 21.7 Å². The number of aliphatic imine (C=N–C) groups is 1. The molecule has 2 aromatic rings. The highest BCUT2D eigenvalue weighted by molar-refractivity contribution is 6.13. The Balaban J connectivity index is 1.63. The van der Waals surface area contributed by atoms with Crippen molar-refractivity contribution in [3.8, 4) is 0 Å². The molecule has 1 aliphatic carbocycles. The number of nitrogens with two attached hydrogens (primary N) is 1. The first-order chi connectivity index (χ1) is 16.6. The number of alkyl halides is 3. The summed E-state index contributed by atoms with van der Waals surface area (Å²) in [6, 6.07) is 7.80. The fourth-order valence-electron chi connectivity index (χ4n) is 3.27. The summed E-state index contributed by atoms with van der Waals surface area (Å²) in [6.45, 7) is 5.14. The Morgan fingerprint density at radius 1 is 1.23 bits per heavy atom. The summed E-state index contributed by atoms with van der Waals surface area (Å²) in [4.78, 5) is 33.3. The van der Waals surface area contributed by atoms with Gasteiger partial charge in [0, 0.05) is 18.6 Å². The summed E-state index contributed by atoms with van der Waals surface area (Å²) in [7, 11) is 0. The average molecular weight is 486 g/mol. The molecular weight excluding hydrogens is 461 g/mol. The van der Waals surface area contributed by atoms with E-state index in [9.17, 15) is 22.8 Å². The summed E-state index contributed by atoms with van der Waals surface area (Å²) in [6.07, 6.45) is 1.39. The van der Waals surface area contributed by atoms with Gasteiger partial charge in [-0.3, -0.25) is 19.6 Å². The first-order valence-electron chi connectivity index (χ1n) is 10.7. The number of rotatable bonds is 9. The van der Waals surface area contributed by atoms with Gasteiger partial charge in [-0.15, -0.1) is 0 Å². The maximum absolute atomic E-state index is 13.2. The lowest BCUT2D eigenvalue weighted by Gasteiger charge is -2.21. The number of para-hydroxylation sites is 1. The second-order valence-corrected chi connectivity index (χ2v) is 7.95. The van der Waals surface area contributed by atoms with Gasteiger partial charge in [-0.1, -0.05) is 18.7 Å². The van der Waals surface area contributed by atoms with Crippen molar-refractivity contribution < 1.29 is 22.8 Å². The van der Waals surface area contributed by atoms with Gasteiger partial charge in [0.25, 0.3) is 5.91 Å². The third-order valence-corrected chi connectivity index (χ3v) is 5.39. The number of hydrogen-bond acceptors (Lipinski definition) is 6. The number of carbonyl (C=O) groups is 2. The van der Waals surface area contributed by atoms with E-state index in [1.165, 1.54) is 36.8 Å². The number of hydrogen-bond donors (Lipinski definition) is 4. The van der Waals surface area contributed by atoms with Gasteiger partial charge in [0.2, 0.25) is 5.91 Å². The number of anilines is 2. The molecule has 1 heterocycles. The maximum Gasteiger partial charge on any atom is 0.418 e. The second-order valence-electron chi connectivity index (χ2n) is 7.95. The van der Waals surface area contributed by atoms with E-state index in [2.05, 4.69) is 32.5 Å². The van der Waals surface area contributed by atoms with Crippen molar-refractivity contribution in [3.05, 3.63) is 78.4 Å². The number of halogens is 3. The van der Waals surface area contributed by atoms with Crippen LogP contribution in [0.3, 0.4) is 0 Å². The number of amides is 2. The van der Waals surface area contributed by atoms with Gasteiger partial charge in [0.1, 0.15) is 5.54 Å². The number of benzene rings is 1. The van der Waals surface area contributed by atoms with Crippen molar-refractivity contribution in [3.63, 3.8) is 0 Å². The number of pyridine rings is 1. The largest absolute Gasteiger partial charge is 0.418 e. The van der Waals surface area contributed by atoms with Crippen LogP contribution < -0.4 is 21.7 Å². The van der Waals surface area contributed by atoms with Crippen molar-refractivity contribution >= 4 is 29.4 Å². The molecule has 8 nitrogen and oxygen atoms in total. The number of nitrogens with zero attached hydrogens (tertiary/aromatic N) is 2. The van der Waals surface area contributed by atoms with Crippen molar-refractivity contribution in [2.45, 2.75) is 37.5 Å². The SMILES string of the molecule is C=C/N=C\C(=C/N)C(=O)NC1(C(=O)NC(C)c2ccc(Nc3ccccc3C(F)(F)F)cn2)CC1. The molecule has 1 aromatic carbocycles. The number of carbonyl (C=O) groups excluding carboxylic acids is 2. The lowest BCUT2D eigenvalue weighted by molar-refractivity contribution is -0.137. The predicted octanol–water partition coefficient (Wildman–Crippen LogP) is 3.73. The highest BCUT2D eigenvalue weighted by atomic mass is 19.4. The summed E-state index contributed by atoms with van der Waals surface area (Å²) in [5, 5.41) is 8.23. The van der Waals surface area contributed by atoms with E-state index in [0.29, 0.717) is 24.2 Å². The normalized spacial score (nSPS) is 15.8. The Morgan fingerprint density at radius 3 is 2.51 bits per heavy atom. The minimum absolute atomic E-state index is 0.0913. The second kappa shape index (κ2) is 10.4. The Labute approximate surface area is 200 Å². The van der Waals surface area contributed by atoms with E-state index >= 15 is 0 Å². The molecule has 1 aromatic heterocycles. The van der Waals surface area contributed by atoms with Crippen LogP contribution in [0, 0.1) is 0 Å². The first kappa shape index (κ1) is 25.5. The molecule has 184 valence electrons. The van der Waals surface area contributed by atoms with Crippen LogP contribution in [-0.4, -0.2) is 28.6 Å². The molecule has 0 radical (unpaired) electrons. The minimum Gasteiger partial charge on any atom is -0.404 e. The van der Waals surface area contributed by atoms with E-state index in [1.54, 1.807) is 19.1 Å². The zero-order chi connectivity index (χ0) is 25.6. The van der Waals surface area contributed by atoms with Crippen LogP contribution in [0.5, 0.6) is 0 Å². The van der Waals surface area contributed by atoms with E-state index < -0.39 is 29.2 Å². The summed E-state index contributed by atoms with van der Waals surface area (Å²) in [5.41, 5.74) is 4.48. The van der Waals surface area contributed by atoms with E-state index in [0.717, 1.165) is 12.3 Å². The molecule has 1 atom stereocenters. The molecule has 2 amide bonds. The van der Waals surface area contributed by atoms with Crippen LogP contribution >= 0.6 is 0 Å². The molecule has 11 heteroatoms. The van der Waals surface area contributed by atoms with Crippen LogP contribution in [0.4, 0.5) is 24.5 Å². The van der Waals surface area contributed by atoms with E-state index in [-0.39, 0.29) is 17.2 Å². The summed E-state index contributed by atoms with van der Waals surface area (Å²) >= 11 is 0. The van der Waals surface area contributed by atoms with Crippen molar-refractivity contribution in [2.24, 2.45) is 10.7 Å². The zero-order valence-electron chi connectivity index (χ0n) is 18.9. The topological polar surface area (TPSA) is 121 Å². The molecule has 5 N–H and O–H groups in total. The molecule has 0 spiro atoms. The zero-order valence-corrected chi connectivity index (χ0v) is 18.9. The van der Waals surface area contributed by atoms with Gasteiger partial charge in [-0.25, -0.2) is 0 Å². The lowest BCUT2D eigenvalue weighted by Crippen LogP contribution is -2.50. The molecule has 1 saturated carbocycles. The van der Waals surface area contributed by atoms with Crippen LogP contribution in [0.2, 0.25) is 0 Å². The standard InChI is InChI=1S/C24H25F3N6O2/c1-3-29-13-16(12-28)21(34)33-23(10-11-23)22(35)31-15(2)19-9-8-17(14-30-19)32-20-7-5-4-6-18(20)24(25,26)27/h3-9,12-15,32H,1,10-11,28H2,2H3,(H,31,35)(H,33,34)/b16-12+,29-13-. The highest BCUT2D eigenvalue weighted by Crippen LogP contribution is 2.37. The fourth-order valence-corrected chi connectivity index (χ4v) is 3.27. The molecule has 3 rings (SSSR count). The van der Waals surface area contributed by atoms with Gasteiger partial charge in [0.15, 0.2) is 0 Å². The Bertz CT molecular complexity index is 1150. The van der Waals surface area contributed by atoms with Crippen LogP contribution in [0.1, 0.15) is 37.1 Å². The van der Waals surface area contributed by atoms with Crippen LogP contribution in [-0.2, 0) is 15.8 Å². The lowest BCUT2D eigenvalue weighted by atomic mass is 10.1. The average Bonchev–Trinajstić information content (AvgIpc) is 3.60. The first-order valence-corrected chi connectivity index (χ1v) is 10.7. The van der Waals surface area contributed by atoms with Gasteiger partial charge in [0.05, 0.1) is 40.4 Å². The molecule has 0 saturated heterocycles. The Hall–Kier alpha value is -4.15. The third-order valence-electron chi connectivity index (χ3n) is 5.39. The van der Waals surface area contributed by atoms with Gasteiger partial charge in [-0.05, 0) is 44.0 Å². The number of aromatic nitrogens is 1. The molecule has 0 bridgehead atoms. The smallest absolute Gasteiger partial charge is 0.404 e. The van der Waals surface area contributed by atoms with E-state index in [4.69, 9.17) is 5.73 Å².